The summed E-state index contributed by atoms with van der Waals surface area (Å²) in [6.45, 7) is 2.12. The number of likely N-dealkylation sites (tertiary alicyclic amines) is 1. The van der Waals surface area contributed by atoms with Crippen molar-refractivity contribution in [3.8, 4) is 0 Å². The van der Waals surface area contributed by atoms with Crippen LogP contribution in [0.1, 0.15) is 49.3 Å². The third-order valence-corrected chi connectivity index (χ3v) is 6.69. The zero-order chi connectivity index (χ0) is 19.4. The largest absolute Gasteiger partial charge is 0.388 e. The minimum Gasteiger partial charge on any atom is -0.388 e. The van der Waals surface area contributed by atoms with Crippen LogP contribution in [0.25, 0.3) is 0 Å². The van der Waals surface area contributed by atoms with Gasteiger partial charge in [-0.15, -0.1) is 0 Å². The van der Waals surface area contributed by atoms with E-state index in [4.69, 9.17) is 0 Å². The van der Waals surface area contributed by atoms with E-state index in [0.717, 1.165) is 31.2 Å². The van der Waals surface area contributed by atoms with Crippen molar-refractivity contribution in [1.82, 2.24) is 10.2 Å². The molecule has 2 aromatic rings. The van der Waals surface area contributed by atoms with Crippen LogP contribution in [0.15, 0.2) is 60.7 Å². The van der Waals surface area contributed by atoms with Crippen molar-refractivity contribution in [2.45, 2.75) is 43.6 Å². The monoisotopic (exact) mass is 378 g/mol. The molecule has 148 valence electrons. The van der Waals surface area contributed by atoms with Gasteiger partial charge in [-0.1, -0.05) is 67.1 Å². The molecule has 0 radical (unpaired) electrons. The van der Waals surface area contributed by atoms with Crippen LogP contribution < -0.4 is 5.32 Å². The Labute approximate surface area is 167 Å². The predicted molar refractivity (Wildman–Crippen MR) is 111 cm³/mol. The summed E-state index contributed by atoms with van der Waals surface area (Å²) >= 11 is 0. The van der Waals surface area contributed by atoms with Crippen LogP contribution >= 0.6 is 0 Å². The summed E-state index contributed by atoms with van der Waals surface area (Å²) in [5, 5.41) is 13.8. The number of hydrogen-bond donors (Lipinski definition) is 2. The van der Waals surface area contributed by atoms with Gasteiger partial charge in [-0.25, -0.2) is 4.79 Å². The quantitative estimate of drug-likeness (QED) is 0.817. The number of benzene rings is 2. The average Bonchev–Trinajstić information content (AvgIpc) is 2.74. The van der Waals surface area contributed by atoms with Gasteiger partial charge in [0.2, 0.25) is 0 Å². The Balaban J connectivity index is 1.29. The molecule has 4 heteroatoms. The van der Waals surface area contributed by atoms with E-state index in [1.165, 1.54) is 12.0 Å². The summed E-state index contributed by atoms with van der Waals surface area (Å²) in [6, 6.07) is 20.5. The van der Waals surface area contributed by atoms with Crippen LogP contribution in [0.5, 0.6) is 0 Å². The maximum Gasteiger partial charge on any atom is 0.317 e. The summed E-state index contributed by atoms with van der Waals surface area (Å²) in [7, 11) is 0. The van der Waals surface area contributed by atoms with Crippen LogP contribution in [-0.2, 0) is 5.41 Å². The van der Waals surface area contributed by atoms with Gasteiger partial charge in [-0.2, -0.15) is 0 Å². The summed E-state index contributed by atoms with van der Waals surface area (Å²) in [5.74, 6) is 0.216. The van der Waals surface area contributed by atoms with E-state index in [1.54, 1.807) is 0 Å². The molecule has 0 aromatic heterocycles. The molecule has 2 aliphatic rings. The van der Waals surface area contributed by atoms with E-state index in [2.05, 4.69) is 29.6 Å². The molecular weight excluding hydrogens is 348 g/mol. The maximum absolute atomic E-state index is 12.7. The van der Waals surface area contributed by atoms with Crippen molar-refractivity contribution in [3.05, 3.63) is 71.8 Å². The fourth-order valence-corrected chi connectivity index (χ4v) is 4.66. The molecule has 0 spiro atoms. The number of carbonyl (C=O) groups excluding carboxylic acids is 1. The molecule has 1 atom stereocenters. The Morgan fingerprint density at radius 3 is 2.21 bits per heavy atom. The van der Waals surface area contributed by atoms with Crippen molar-refractivity contribution in [2.75, 3.05) is 19.6 Å². The van der Waals surface area contributed by atoms with Gasteiger partial charge in [0.25, 0.3) is 0 Å². The van der Waals surface area contributed by atoms with Crippen LogP contribution in [0.3, 0.4) is 0 Å². The molecular formula is C24H30N2O2. The van der Waals surface area contributed by atoms with E-state index in [1.807, 2.05) is 41.3 Å². The summed E-state index contributed by atoms with van der Waals surface area (Å²) in [6.07, 6.45) is 4.75. The highest BCUT2D eigenvalue weighted by Crippen LogP contribution is 2.43. The van der Waals surface area contributed by atoms with Crippen molar-refractivity contribution in [2.24, 2.45) is 5.92 Å². The predicted octanol–water partition coefficient (Wildman–Crippen LogP) is 4.26. The highest BCUT2D eigenvalue weighted by Gasteiger charge is 2.39. The summed E-state index contributed by atoms with van der Waals surface area (Å²) in [5.41, 5.74) is 2.42. The lowest BCUT2D eigenvalue weighted by Crippen LogP contribution is -2.51. The standard InChI is InChI=1S/C24H30N2O2/c27-22(19-8-3-1-4-9-19)20-12-16-26(17-13-20)23(28)25-18-24(14-7-15-24)21-10-5-2-6-11-21/h1-6,8-11,20,22,27H,7,12-18H2,(H,25,28). The molecule has 1 heterocycles. The molecule has 28 heavy (non-hydrogen) atoms. The van der Waals surface area contributed by atoms with Crippen molar-refractivity contribution in [3.63, 3.8) is 0 Å². The van der Waals surface area contributed by atoms with Gasteiger partial charge >= 0.3 is 6.03 Å². The lowest BCUT2D eigenvalue weighted by Gasteiger charge is -2.43. The molecule has 4 nitrogen and oxygen atoms in total. The first kappa shape index (κ1) is 19.0. The maximum atomic E-state index is 12.7. The second kappa shape index (κ2) is 8.36. The van der Waals surface area contributed by atoms with Crippen molar-refractivity contribution >= 4 is 6.03 Å². The van der Waals surface area contributed by atoms with Crippen LogP contribution in [0.2, 0.25) is 0 Å². The van der Waals surface area contributed by atoms with E-state index in [-0.39, 0.29) is 17.4 Å². The second-order valence-corrected chi connectivity index (χ2v) is 8.34. The van der Waals surface area contributed by atoms with Crippen molar-refractivity contribution < 1.29 is 9.90 Å². The molecule has 0 bridgehead atoms. The lowest BCUT2D eigenvalue weighted by atomic mass is 9.64. The van der Waals surface area contributed by atoms with E-state index in [9.17, 15) is 9.90 Å². The van der Waals surface area contributed by atoms with Gasteiger partial charge in [0.1, 0.15) is 0 Å². The number of nitrogens with one attached hydrogen (secondary N) is 1. The minimum absolute atomic E-state index is 0.0369. The number of hydrogen-bond acceptors (Lipinski definition) is 2. The van der Waals surface area contributed by atoms with Crippen LogP contribution in [0, 0.1) is 5.92 Å². The zero-order valence-electron chi connectivity index (χ0n) is 16.4. The van der Waals surface area contributed by atoms with E-state index in [0.29, 0.717) is 19.6 Å². The first-order valence-corrected chi connectivity index (χ1v) is 10.5. The molecule has 4 rings (SSSR count). The van der Waals surface area contributed by atoms with Gasteiger partial charge in [0.15, 0.2) is 0 Å². The number of urea groups is 1. The Bertz CT molecular complexity index is 766. The van der Waals surface area contributed by atoms with Crippen molar-refractivity contribution in [1.29, 1.82) is 0 Å². The first-order valence-electron chi connectivity index (χ1n) is 10.5. The smallest absolute Gasteiger partial charge is 0.317 e. The lowest BCUT2D eigenvalue weighted by molar-refractivity contribution is 0.0660. The molecule has 2 N–H and O–H groups in total. The number of aliphatic hydroxyl groups is 1. The van der Waals surface area contributed by atoms with Gasteiger partial charge in [-0.05, 0) is 42.7 Å². The molecule has 1 aliphatic carbocycles. The number of amides is 2. The Morgan fingerprint density at radius 1 is 1.04 bits per heavy atom. The van der Waals surface area contributed by atoms with Gasteiger partial charge < -0.3 is 15.3 Å². The second-order valence-electron chi connectivity index (χ2n) is 8.34. The van der Waals surface area contributed by atoms with E-state index >= 15 is 0 Å². The van der Waals surface area contributed by atoms with E-state index < -0.39 is 6.10 Å². The Hall–Kier alpha value is -2.33. The molecule has 2 fully saturated rings. The molecule has 1 saturated carbocycles. The average molecular weight is 379 g/mol. The topological polar surface area (TPSA) is 52.6 Å². The summed E-state index contributed by atoms with van der Waals surface area (Å²) in [4.78, 5) is 14.6. The molecule has 1 aliphatic heterocycles. The van der Waals surface area contributed by atoms with Crippen LogP contribution in [-0.4, -0.2) is 35.7 Å². The number of piperidine rings is 1. The summed E-state index contributed by atoms with van der Waals surface area (Å²) < 4.78 is 0. The number of aliphatic hydroxyl groups excluding tert-OH is 1. The minimum atomic E-state index is -0.442. The fraction of sp³-hybridized carbons (Fsp3) is 0.458. The van der Waals surface area contributed by atoms with Gasteiger partial charge in [0.05, 0.1) is 6.10 Å². The SMILES string of the molecule is O=C(NCC1(c2ccccc2)CCC1)N1CCC(C(O)c2ccccc2)CC1. The van der Waals surface area contributed by atoms with Gasteiger partial charge in [-0.3, -0.25) is 0 Å². The number of carbonyl (C=O) groups is 1. The number of rotatable bonds is 5. The molecule has 2 amide bonds. The highest BCUT2D eigenvalue weighted by molar-refractivity contribution is 5.74. The Kier molecular flexibility index (Phi) is 5.67. The molecule has 1 unspecified atom stereocenters. The number of nitrogens with zero attached hydrogens (tertiary/aromatic N) is 1. The molecule has 2 aromatic carbocycles. The highest BCUT2D eigenvalue weighted by atomic mass is 16.3. The Morgan fingerprint density at radius 2 is 1.64 bits per heavy atom. The third-order valence-electron chi connectivity index (χ3n) is 6.69. The van der Waals surface area contributed by atoms with Gasteiger partial charge in [0, 0.05) is 25.0 Å². The zero-order valence-corrected chi connectivity index (χ0v) is 16.4. The third kappa shape index (κ3) is 3.93. The van der Waals surface area contributed by atoms with Crippen LogP contribution in [0.4, 0.5) is 4.79 Å². The fourth-order valence-electron chi connectivity index (χ4n) is 4.66. The first-order chi connectivity index (χ1) is 13.7. The molecule has 1 saturated heterocycles. The normalized spacial score (nSPS) is 20.2.